The smallest absolute Gasteiger partial charge is 0.226 e. The largest absolute Gasteiger partial charge is 0.506 e. The van der Waals surface area contributed by atoms with E-state index in [4.69, 9.17) is 23.2 Å². The van der Waals surface area contributed by atoms with Crippen molar-refractivity contribution in [3.05, 3.63) is 27.7 Å². The highest BCUT2D eigenvalue weighted by atomic mass is 35.5. The highest BCUT2D eigenvalue weighted by Crippen LogP contribution is 2.36. The fourth-order valence-corrected chi connectivity index (χ4v) is 1.92. The second kappa shape index (κ2) is 3.81. The van der Waals surface area contributed by atoms with Gasteiger partial charge in [-0.2, -0.15) is 0 Å². The van der Waals surface area contributed by atoms with Gasteiger partial charge in [0.1, 0.15) is 11.3 Å². The molecule has 0 unspecified atom stereocenters. The van der Waals surface area contributed by atoms with Gasteiger partial charge in [-0.1, -0.05) is 23.2 Å². The van der Waals surface area contributed by atoms with Crippen molar-refractivity contribution in [2.24, 2.45) is 0 Å². The molecule has 0 amide bonds. The van der Waals surface area contributed by atoms with Crippen LogP contribution in [-0.2, 0) is 0 Å². The van der Waals surface area contributed by atoms with Gasteiger partial charge in [-0.05, 0) is 12.1 Å². The third-order valence-corrected chi connectivity index (χ3v) is 2.62. The summed E-state index contributed by atoms with van der Waals surface area (Å²) in [7, 11) is 0. The topological polar surface area (TPSA) is 70.4 Å². The molecule has 0 radical (unpaired) electrons. The number of fused-ring (bicyclic) bond motifs is 1. The first-order valence-corrected chi connectivity index (χ1v) is 4.96. The molecular formula is C10H5Cl2NO3. The van der Waals surface area contributed by atoms with Crippen LogP contribution in [0.4, 0.5) is 0 Å². The fourth-order valence-electron chi connectivity index (χ4n) is 1.39. The summed E-state index contributed by atoms with van der Waals surface area (Å²) in [5.74, 6) is -0.953. The van der Waals surface area contributed by atoms with E-state index in [9.17, 15) is 15.0 Å². The minimum atomic E-state index is -0.566. The number of hydrogen-bond acceptors (Lipinski definition) is 4. The monoisotopic (exact) mass is 257 g/mol. The maximum Gasteiger partial charge on any atom is 0.226 e. The number of aromatic nitrogens is 1. The molecule has 2 N–H and O–H groups in total. The molecule has 6 heteroatoms. The Kier molecular flexibility index (Phi) is 2.61. The van der Waals surface area contributed by atoms with E-state index in [0.29, 0.717) is 11.3 Å². The van der Waals surface area contributed by atoms with Crippen molar-refractivity contribution in [2.75, 3.05) is 0 Å². The van der Waals surface area contributed by atoms with E-state index in [1.165, 1.54) is 12.1 Å². The second-order valence-corrected chi connectivity index (χ2v) is 3.94. The van der Waals surface area contributed by atoms with Crippen LogP contribution in [0.15, 0.2) is 12.1 Å². The molecule has 0 fully saturated rings. The third-order valence-electron chi connectivity index (χ3n) is 2.11. The number of aromatic hydroxyl groups is 2. The Hall–Kier alpha value is -1.52. The number of benzene rings is 1. The Labute approximate surface area is 100 Å². The summed E-state index contributed by atoms with van der Waals surface area (Å²) in [5, 5.41) is 19.8. The van der Waals surface area contributed by atoms with Gasteiger partial charge in [-0.15, -0.1) is 0 Å². The zero-order valence-corrected chi connectivity index (χ0v) is 9.25. The molecule has 0 bridgehead atoms. The lowest BCUT2D eigenvalue weighted by Gasteiger charge is -2.06. The van der Waals surface area contributed by atoms with Crippen molar-refractivity contribution >= 4 is 40.4 Å². The predicted molar refractivity (Wildman–Crippen MR) is 60.5 cm³/mol. The lowest BCUT2D eigenvalue weighted by molar-refractivity contribution is 0.111. The molecule has 0 spiro atoms. The van der Waals surface area contributed by atoms with Crippen molar-refractivity contribution in [3.8, 4) is 11.6 Å². The summed E-state index contributed by atoms with van der Waals surface area (Å²) in [6.45, 7) is 0. The Morgan fingerprint density at radius 2 is 1.94 bits per heavy atom. The number of nitrogens with zero attached hydrogens (tertiary/aromatic N) is 1. The molecule has 0 saturated carbocycles. The van der Waals surface area contributed by atoms with Gasteiger partial charge in [0.05, 0.1) is 10.5 Å². The normalized spacial score (nSPS) is 10.6. The van der Waals surface area contributed by atoms with E-state index in [1.54, 1.807) is 0 Å². The van der Waals surface area contributed by atoms with E-state index in [1.807, 2.05) is 0 Å². The molecule has 1 aromatic heterocycles. The summed E-state index contributed by atoms with van der Waals surface area (Å²) in [6, 6.07) is 2.84. The van der Waals surface area contributed by atoms with Gasteiger partial charge in [0.2, 0.25) is 5.88 Å². The van der Waals surface area contributed by atoms with Crippen molar-refractivity contribution < 1.29 is 15.0 Å². The van der Waals surface area contributed by atoms with Crippen molar-refractivity contribution in [2.45, 2.75) is 0 Å². The highest BCUT2D eigenvalue weighted by Gasteiger charge is 2.15. The Bertz CT molecular complexity index is 598. The van der Waals surface area contributed by atoms with Crippen molar-refractivity contribution in [1.82, 2.24) is 4.98 Å². The van der Waals surface area contributed by atoms with Crippen LogP contribution in [0.25, 0.3) is 10.9 Å². The average Bonchev–Trinajstić information content (AvgIpc) is 2.21. The maximum absolute atomic E-state index is 10.6. The highest BCUT2D eigenvalue weighted by molar-refractivity contribution is 6.38. The number of aldehydes is 1. The third kappa shape index (κ3) is 1.56. The van der Waals surface area contributed by atoms with Gasteiger partial charge in [0.15, 0.2) is 6.29 Å². The second-order valence-electron chi connectivity index (χ2n) is 3.10. The lowest BCUT2D eigenvalue weighted by Crippen LogP contribution is -1.90. The molecule has 0 atom stereocenters. The minimum Gasteiger partial charge on any atom is -0.506 e. The summed E-state index contributed by atoms with van der Waals surface area (Å²) < 4.78 is 0. The Morgan fingerprint density at radius 3 is 2.56 bits per heavy atom. The van der Waals surface area contributed by atoms with Crippen LogP contribution >= 0.6 is 23.2 Å². The zero-order chi connectivity index (χ0) is 11.9. The molecule has 0 aliphatic rings. The standard InChI is InChI=1S/C10H5Cl2NO3/c11-4-1-5-8(7(12)2-4)13-10(16)6(3-14)9(5)15/h1-3H,(H2,13,15,16). The molecular weight excluding hydrogens is 253 g/mol. The van der Waals surface area contributed by atoms with Gasteiger partial charge in [0.25, 0.3) is 0 Å². The zero-order valence-electron chi connectivity index (χ0n) is 7.74. The lowest BCUT2D eigenvalue weighted by atomic mass is 10.1. The first kappa shape index (κ1) is 11.0. The molecule has 0 aliphatic carbocycles. The quantitative estimate of drug-likeness (QED) is 0.771. The van der Waals surface area contributed by atoms with Crippen LogP contribution in [0.5, 0.6) is 11.6 Å². The van der Waals surface area contributed by atoms with E-state index in [0.717, 1.165) is 0 Å². The summed E-state index contributed by atoms with van der Waals surface area (Å²) in [5.41, 5.74) is -0.0995. The van der Waals surface area contributed by atoms with E-state index < -0.39 is 5.88 Å². The van der Waals surface area contributed by atoms with Crippen LogP contribution in [0.1, 0.15) is 10.4 Å². The molecule has 1 aromatic carbocycles. The van der Waals surface area contributed by atoms with Crippen molar-refractivity contribution in [3.63, 3.8) is 0 Å². The van der Waals surface area contributed by atoms with E-state index in [-0.39, 0.29) is 27.2 Å². The Morgan fingerprint density at radius 1 is 1.25 bits per heavy atom. The van der Waals surface area contributed by atoms with Gasteiger partial charge in [-0.25, -0.2) is 4.98 Å². The molecule has 0 aliphatic heterocycles. The number of carbonyl (C=O) groups excluding carboxylic acids is 1. The molecule has 2 aromatic rings. The van der Waals surface area contributed by atoms with Gasteiger partial charge in [-0.3, -0.25) is 4.79 Å². The molecule has 2 rings (SSSR count). The van der Waals surface area contributed by atoms with E-state index >= 15 is 0 Å². The van der Waals surface area contributed by atoms with Gasteiger partial charge >= 0.3 is 0 Å². The van der Waals surface area contributed by atoms with Crippen LogP contribution in [0.2, 0.25) is 10.0 Å². The van der Waals surface area contributed by atoms with E-state index in [2.05, 4.69) is 4.98 Å². The van der Waals surface area contributed by atoms with Crippen LogP contribution in [0, 0.1) is 0 Å². The molecule has 82 valence electrons. The van der Waals surface area contributed by atoms with Crippen LogP contribution in [0.3, 0.4) is 0 Å². The summed E-state index contributed by atoms with van der Waals surface area (Å²) >= 11 is 11.6. The number of halogens is 2. The fraction of sp³-hybridized carbons (Fsp3) is 0. The number of pyridine rings is 1. The number of carbonyl (C=O) groups is 1. The Balaban J connectivity index is 2.98. The molecule has 16 heavy (non-hydrogen) atoms. The van der Waals surface area contributed by atoms with Crippen molar-refractivity contribution in [1.29, 1.82) is 0 Å². The minimum absolute atomic E-state index is 0.186. The summed E-state index contributed by atoms with van der Waals surface area (Å²) in [6.07, 6.45) is 0.311. The van der Waals surface area contributed by atoms with Crippen LogP contribution in [-0.4, -0.2) is 21.5 Å². The number of rotatable bonds is 1. The number of hydrogen-bond donors (Lipinski definition) is 2. The van der Waals surface area contributed by atoms with Gasteiger partial charge in [0, 0.05) is 10.4 Å². The first-order chi connectivity index (χ1) is 7.54. The molecule has 0 saturated heterocycles. The predicted octanol–water partition coefficient (Wildman–Crippen LogP) is 2.77. The molecule has 1 heterocycles. The molecule has 4 nitrogen and oxygen atoms in total. The SMILES string of the molecule is O=Cc1c(O)nc2c(Cl)cc(Cl)cc2c1O. The first-order valence-electron chi connectivity index (χ1n) is 4.20. The summed E-state index contributed by atoms with van der Waals surface area (Å²) in [4.78, 5) is 14.4. The van der Waals surface area contributed by atoms with Gasteiger partial charge < -0.3 is 10.2 Å². The maximum atomic E-state index is 10.6. The van der Waals surface area contributed by atoms with Crippen LogP contribution < -0.4 is 0 Å². The average molecular weight is 258 g/mol.